The van der Waals surface area contributed by atoms with E-state index in [1.54, 1.807) is 35.0 Å². The first kappa shape index (κ1) is 18.4. The van der Waals surface area contributed by atoms with Crippen molar-refractivity contribution in [3.05, 3.63) is 47.7 Å². The number of nitrogens with one attached hydrogen (secondary N) is 1. The molecule has 2 aromatic rings. The zero-order chi connectivity index (χ0) is 18.9. The third-order valence-corrected chi connectivity index (χ3v) is 4.49. The van der Waals surface area contributed by atoms with E-state index in [-0.39, 0.29) is 17.9 Å². The molecule has 0 unspecified atom stereocenters. The maximum atomic E-state index is 13.7. The first-order valence-corrected chi connectivity index (χ1v) is 8.70. The molecule has 0 amide bonds. The fourth-order valence-corrected chi connectivity index (χ4v) is 3.12. The molecule has 1 fully saturated rings. The molecule has 1 saturated carbocycles. The van der Waals surface area contributed by atoms with Crippen molar-refractivity contribution in [2.75, 3.05) is 5.48 Å². The normalized spacial score (nSPS) is 23.0. The molecule has 3 atom stereocenters. The number of carbonyl (C=O) groups excluding carboxylic acids is 1. The quantitative estimate of drug-likeness (QED) is 0.817. The molecule has 1 heterocycles. The monoisotopic (exact) mass is 361 g/mol. The minimum absolute atomic E-state index is 0.158. The zero-order valence-corrected chi connectivity index (χ0v) is 15.1. The zero-order valence-electron chi connectivity index (χ0n) is 15.1. The summed E-state index contributed by atoms with van der Waals surface area (Å²) in [6.45, 7) is 5.90. The summed E-state index contributed by atoms with van der Waals surface area (Å²) in [7, 11) is 0. The van der Waals surface area contributed by atoms with Crippen LogP contribution in [-0.2, 0) is 10.4 Å². The number of aliphatic hydroxyl groups excluding tert-OH is 1. The van der Waals surface area contributed by atoms with Crippen LogP contribution in [0.5, 0.6) is 0 Å². The lowest BCUT2D eigenvalue weighted by Crippen LogP contribution is -2.26. The number of anilines is 1. The summed E-state index contributed by atoms with van der Waals surface area (Å²) >= 11 is 0. The van der Waals surface area contributed by atoms with Crippen molar-refractivity contribution in [1.29, 1.82) is 0 Å². The highest BCUT2D eigenvalue weighted by Gasteiger charge is 2.36. The first-order valence-electron chi connectivity index (χ1n) is 8.70. The van der Waals surface area contributed by atoms with E-state index in [1.807, 2.05) is 26.8 Å². The molecular weight excluding hydrogens is 337 g/mol. The van der Waals surface area contributed by atoms with E-state index in [1.165, 1.54) is 0 Å². The second-order valence-corrected chi connectivity index (χ2v) is 7.65. The standard InChI is InChI=1S/C19H24FN3O3/c1-19(2,3)23-17(22-26-18(25)12-7-5-4-6-8-12)11-15(21-23)13-9-14(20)16(24)10-13/h4-8,11,13-14,16,22,24H,9-10H2,1-3H3/t13-,14+,16+/m0/s1. The van der Waals surface area contributed by atoms with Gasteiger partial charge >= 0.3 is 5.97 Å². The Morgan fingerprint density at radius 3 is 2.58 bits per heavy atom. The third kappa shape index (κ3) is 3.88. The molecule has 2 N–H and O–H groups in total. The molecule has 0 radical (unpaired) electrons. The van der Waals surface area contributed by atoms with Crippen LogP contribution in [0.1, 0.15) is 55.6 Å². The van der Waals surface area contributed by atoms with Gasteiger partial charge in [-0.2, -0.15) is 5.10 Å². The highest BCUT2D eigenvalue weighted by Crippen LogP contribution is 2.37. The van der Waals surface area contributed by atoms with Crippen LogP contribution in [0.15, 0.2) is 36.4 Å². The maximum Gasteiger partial charge on any atom is 0.362 e. The van der Waals surface area contributed by atoms with Gasteiger partial charge in [0.25, 0.3) is 0 Å². The van der Waals surface area contributed by atoms with Gasteiger partial charge in [0.05, 0.1) is 22.9 Å². The van der Waals surface area contributed by atoms with E-state index in [2.05, 4.69) is 10.6 Å². The smallest absolute Gasteiger partial charge is 0.362 e. The van der Waals surface area contributed by atoms with E-state index >= 15 is 0 Å². The van der Waals surface area contributed by atoms with Crippen molar-refractivity contribution in [1.82, 2.24) is 9.78 Å². The molecule has 140 valence electrons. The number of alkyl halides is 1. The Kier molecular flexibility index (Phi) is 5.00. The molecule has 0 bridgehead atoms. The van der Waals surface area contributed by atoms with Crippen molar-refractivity contribution in [2.45, 2.75) is 57.3 Å². The summed E-state index contributed by atoms with van der Waals surface area (Å²) in [4.78, 5) is 17.3. The second kappa shape index (κ2) is 7.07. The van der Waals surface area contributed by atoms with Crippen LogP contribution in [0.25, 0.3) is 0 Å². The van der Waals surface area contributed by atoms with Crippen LogP contribution in [0, 0.1) is 0 Å². The Balaban J connectivity index is 1.78. The number of hydrogen-bond acceptors (Lipinski definition) is 5. The van der Waals surface area contributed by atoms with E-state index < -0.39 is 18.2 Å². The Hall–Kier alpha value is -2.41. The number of hydrogen-bond donors (Lipinski definition) is 2. The number of nitrogens with zero attached hydrogens (tertiary/aromatic N) is 2. The van der Waals surface area contributed by atoms with Crippen LogP contribution in [0.4, 0.5) is 10.2 Å². The van der Waals surface area contributed by atoms with Gasteiger partial charge in [0.2, 0.25) is 0 Å². The molecule has 26 heavy (non-hydrogen) atoms. The van der Waals surface area contributed by atoms with Crippen LogP contribution in [-0.4, -0.2) is 33.1 Å². The summed E-state index contributed by atoms with van der Waals surface area (Å²) < 4.78 is 15.4. The SMILES string of the molecule is CC(C)(C)n1nc([C@@H]2C[C@@H](O)[C@H](F)C2)cc1NOC(=O)c1ccccc1. The minimum Gasteiger partial charge on any atom is -0.390 e. The average molecular weight is 361 g/mol. The fraction of sp³-hybridized carbons (Fsp3) is 0.474. The molecule has 0 saturated heterocycles. The Morgan fingerprint density at radius 2 is 2.00 bits per heavy atom. The number of rotatable bonds is 4. The molecule has 1 aliphatic carbocycles. The summed E-state index contributed by atoms with van der Waals surface area (Å²) in [5.74, 6) is -0.156. The van der Waals surface area contributed by atoms with Crippen molar-refractivity contribution in [3.8, 4) is 0 Å². The fourth-order valence-electron chi connectivity index (χ4n) is 3.12. The Labute approximate surface area is 151 Å². The summed E-state index contributed by atoms with van der Waals surface area (Å²) in [5, 5.41) is 14.2. The first-order chi connectivity index (χ1) is 12.3. The van der Waals surface area contributed by atoms with Crippen LogP contribution in [0.2, 0.25) is 0 Å². The van der Waals surface area contributed by atoms with Crippen LogP contribution >= 0.6 is 0 Å². The molecule has 3 rings (SSSR count). The van der Waals surface area contributed by atoms with Gasteiger partial charge in [0.15, 0.2) is 5.82 Å². The van der Waals surface area contributed by atoms with Gasteiger partial charge in [-0.1, -0.05) is 18.2 Å². The van der Waals surface area contributed by atoms with E-state index in [0.29, 0.717) is 23.5 Å². The third-order valence-electron chi connectivity index (χ3n) is 4.49. The van der Waals surface area contributed by atoms with E-state index in [4.69, 9.17) is 4.84 Å². The van der Waals surface area contributed by atoms with Gasteiger partial charge in [-0.25, -0.2) is 19.3 Å². The van der Waals surface area contributed by atoms with Gasteiger partial charge in [0.1, 0.15) is 6.17 Å². The Bertz CT molecular complexity index is 760. The van der Waals surface area contributed by atoms with Crippen molar-refractivity contribution >= 4 is 11.8 Å². The topological polar surface area (TPSA) is 76.4 Å². The second-order valence-electron chi connectivity index (χ2n) is 7.65. The number of halogens is 1. The average Bonchev–Trinajstić information content (AvgIpc) is 3.17. The van der Waals surface area contributed by atoms with Crippen LogP contribution < -0.4 is 5.48 Å². The number of aliphatic hydroxyl groups is 1. The lowest BCUT2D eigenvalue weighted by molar-refractivity contribution is 0.0591. The molecular formula is C19H24FN3O3. The van der Waals surface area contributed by atoms with E-state index in [0.717, 1.165) is 0 Å². The molecule has 0 spiro atoms. The number of aromatic nitrogens is 2. The van der Waals surface area contributed by atoms with Crippen LogP contribution in [0.3, 0.4) is 0 Å². The Morgan fingerprint density at radius 1 is 1.31 bits per heavy atom. The summed E-state index contributed by atoms with van der Waals surface area (Å²) in [6, 6.07) is 10.4. The maximum absolute atomic E-state index is 13.7. The van der Waals surface area contributed by atoms with Crippen molar-refractivity contribution in [3.63, 3.8) is 0 Å². The number of benzene rings is 1. The van der Waals surface area contributed by atoms with Gasteiger partial charge < -0.3 is 9.94 Å². The largest absolute Gasteiger partial charge is 0.390 e. The highest BCUT2D eigenvalue weighted by molar-refractivity contribution is 5.89. The van der Waals surface area contributed by atoms with Gasteiger partial charge in [0, 0.05) is 12.0 Å². The highest BCUT2D eigenvalue weighted by atomic mass is 19.1. The lowest BCUT2D eigenvalue weighted by atomic mass is 10.0. The molecule has 1 aromatic heterocycles. The van der Waals surface area contributed by atoms with Gasteiger partial charge in [-0.05, 0) is 45.7 Å². The summed E-state index contributed by atoms with van der Waals surface area (Å²) in [6.07, 6.45) is -1.60. The minimum atomic E-state index is -1.23. The number of carbonyl (C=O) groups is 1. The van der Waals surface area contributed by atoms with Gasteiger partial charge in [-0.3, -0.25) is 0 Å². The van der Waals surface area contributed by atoms with E-state index in [9.17, 15) is 14.3 Å². The molecule has 7 heteroatoms. The molecule has 6 nitrogen and oxygen atoms in total. The predicted octanol–water partition coefficient (Wildman–Crippen LogP) is 3.40. The van der Waals surface area contributed by atoms with Crippen molar-refractivity contribution in [2.24, 2.45) is 0 Å². The molecule has 0 aliphatic heterocycles. The lowest BCUT2D eigenvalue weighted by Gasteiger charge is -2.22. The van der Waals surface area contributed by atoms with Gasteiger partial charge in [-0.15, -0.1) is 0 Å². The van der Waals surface area contributed by atoms with Crippen molar-refractivity contribution < 1.29 is 19.1 Å². The summed E-state index contributed by atoms with van der Waals surface area (Å²) in [5.41, 5.74) is 3.42. The predicted molar refractivity (Wildman–Crippen MR) is 95.6 cm³/mol. The molecule has 1 aromatic carbocycles. The molecule has 1 aliphatic rings.